The van der Waals surface area contributed by atoms with E-state index in [2.05, 4.69) is 0 Å². The third kappa shape index (κ3) is 3.87. The van der Waals surface area contributed by atoms with Crippen molar-refractivity contribution in [2.24, 2.45) is 5.41 Å². The molecule has 0 N–H and O–H groups in total. The molecular weight excluding hydrogens is 350 g/mol. The second-order valence-electron chi connectivity index (χ2n) is 7.09. The van der Waals surface area contributed by atoms with Crippen LogP contribution in [0.25, 0.3) is 6.08 Å². The van der Waals surface area contributed by atoms with Crippen molar-refractivity contribution in [2.75, 3.05) is 0 Å². The van der Waals surface area contributed by atoms with Crippen LogP contribution in [0, 0.1) is 15.5 Å². The first kappa shape index (κ1) is 18.3. The van der Waals surface area contributed by atoms with Gasteiger partial charge in [-0.2, -0.15) is 0 Å². The monoisotopic (exact) mass is 367 g/mol. The van der Waals surface area contributed by atoms with Gasteiger partial charge in [0.25, 0.3) is 5.69 Å². The molecule has 1 aliphatic heterocycles. The van der Waals surface area contributed by atoms with Crippen LogP contribution in [-0.2, 0) is 4.79 Å². The number of nitrogens with zero attached hydrogens (tertiary/aromatic N) is 1. The Morgan fingerprint density at radius 1 is 1.15 bits per heavy atom. The topological polar surface area (TPSA) is 95.7 Å². The molecule has 1 heterocycles. The summed E-state index contributed by atoms with van der Waals surface area (Å²) in [4.78, 5) is 34.7. The molecule has 0 fully saturated rings. The number of esters is 1. The van der Waals surface area contributed by atoms with Gasteiger partial charge in [0.15, 0.2) is 5.76 Å². The van der Waals surface area contributed by atoms with Gasteiger partial charge in [-0.3, -0.25) is 19.7 Å². The zero-order valence-electron chi connectivity index (χ0n) is 15.0. The maximum absolute atomic E-state index is 12.5. The lowest BCUT2D eigenvalue weighted by Crippen LogP contribution is -2.25. The Labute approximate surface area is 155 Å². The van der Waals surface area contributed by atoms with Gasteiger partial charge in [-0.1, -0.05) is 0 Å². The Kier molecular flexibility index (Phi) is 4.53. The second kappa shape index (κ2) is 6.68. The minimum absolute atomic E-state index is 0.0376. The molecule has 1 aliphatic rings. The highest BCUT2D eigenvalue weighted by atomic mass is 16.6. The van der Waals surface area contributed by atoms with Crippen LogP contribution in [0.5, 0.6) is 11.5 Å². The van der Waals surface area contributed by atoms with Gasteiger partial charge in [-0.15, -0.1) is 0 Å². The number of benzene rings is 2. The lowest BCUT2D eigenvalue weighted by Gasteiger charge is -2.16. The van der Waals surface area contributed by atoms with Crippen LogP contribution in [0.4, 0.5) is 5.69 Å². The number of nitro benzene ring substituents is 1. The molecule has 2 aromatic carbocycles. The molecule has 0 bridgehead atoms. The molecule has 3 rings (SSSR count). The summed E-state index contributed by atoms with van der Waals surface area (Å²) in [6, 6.07) is 10.3. The Morgan fingerprint density at radius 3 is 2.41 bits per heavy atom. The van der Waals surface area contributed by atoms with E-state index in [0.29, 0.717) is 16.9 Å². The highest BCUT2D eigenvalue weighted by Crippen LogP contribution is 2.35. The summed E-state index contributed by atoms with van der Waals surface area (Å²) in [6.45, 7) is 5.23. The average molecular weight is 367 g/mol. The van der Waals surface area contributed by atoms with E-state index in [0.717, 1.165) is 0 Å². The van der Waals surface area contributed by atoms with Crippen molar-refractivity contribution in [1.29, 1.82) is 0 Å². The minimum atomic E-state index is -0.656. The van der Waals surface area contributed by atoms with Crippen molar-refractivity contribution in [2.45, 2.75) is 20.8 Å². The van der Waals surface area contributed by atoms with E-state index < -0.39 is 16.3 Å². The number of ketones is 1. The predicted molar refractivity (Wildman–Crippen MR) is 97.6 cm³/mol. The number of nitro groups is 1. The molecule has 0 aromatic heterocycles. The molecule has 27 heavy (non-hydrogen) atoms. The first-order valence-electron chi connectivity index (χ1n) is 8.20. The van der Waals surface area contributed by atoms with Crippen molar-refractivity contribution in [3.63, 3.8) is 0 Å². The number of fused-ring (bicyclic) bond motifs is 1. The summed E-state index contributed by atoms with van der Waals surface area (Å²) < 4.78 is 10.9. The maximum atomic E-state index is 12.5. The SMILES string of the molecule is CC(C)(C)C(=O)Oc1ccc2c(c1)O/C(=C\c1ccc([N+](=O)[O-])cc1)C2=O. The molecule has 138 valence electrons. The van der Waals surface area contributed by atoms with E-state index >= 15 is 0 Å². The number of non-ortho nitro benzene ring substituents is 1. The number of hydrogen-bond acceptors (Lipinski definition) is 6. The fourth-order valence-corrected chi connectivity index (χ4v) is 2.33. The van der Waals surface area contributed by atoms with Gasteiger partial charge in [0.2, 0.25) is 5.78 Å². The van der Waals surface area contributed by atoms with Crippen molar-refractivity contribution in [3.05, 3.63) is 69.5 Å². The van der Waals surface area contributed by atoms with E-state index in [9.17, 15) is 19.7 Å². The van der Waals surface area contributed by atoms with Gasteiger partial charge in [0.1, 0.15) is 11.5 Å². The summed E-state index contributed by atoms with van der Waals surface area (Å²) in [7, 11) is 0. The molecule has 0 saturated carbocycles. The maximum Gasteiger partial charge on any atom is 0.316 e. The first-order chi connectivity index (χ1) is 12.6. The van der Waals surface area contributed by atoms with Gasteiger partial charge >= 0.3 is 5.97 Å². The number of Topliss-reactive ketones (excluding diaryl/α,β-unsaturated/α-hetero) is 1. The van der Waals surface area contributed by atoms with Crippen molar-refractivity contribution >= 4 is 23.5 Å². The quantitative estimate of drug-likeness (QED) is 0.266. The Bertz CT molecular complexity index is 967. The predicted octanol–water partition coefficient (Wildman–Crippen LogP) is 4.16. The normalized spacial score (nSPS) is 14.6. The molecular formula is C20H17NO6. The van der Waals surface area contributed by atoms with Gasteiger partial charge in [-0.05, 0) is 56.7 Å². The van der Waals surface area contributed by atoms with Crippen LogP contribution in [0.2, 0.25) is 0 Å². The Hall–Kier alpha value is -3.48. The summed E-state index contributed by atoms with van der Waals surface area (Å²) in [5.41, 5.74) is 0.260. The molecule has 0 amide bonds. The molecule has 0 saturated heterocycles. The lowest BCUT2D eigenvalue weighted by molar-refractivity contribution is -0.384. The van der Waals surface area contributed by atoms with Crippen LogP contribution in [0.3, 0.4) is 0 Å². The van der Waals surface area contributed by atoms with E-state index in [-0.39, 0.29) is 23.0 Å². The van der Waals surface area contributed by atoms with Gasteiger partial charge < -0.3 is 9.47 Å². The van der Waals surface area contributed by atoms with Crippen LogP contribution in [0.15, 0.2) is 48.2 Å². The molecule has 0 spiro atoms. The third-order valence-corrected chi connectivity index (χ3v) is 3.87. The smallest absolute Gasteiger partial charge is 0.316 e. The lowest BCUT2D eigenvalue weighted by atomic mass is 9.97. The van der Waals surface area contributed by atoms with Crippen LogP contribution >= 0.6 is 0 Å². The Morgan fingerprint density at radius 2 is 1.81 bits per heavy atom. The minimum Gasteiger partial charge on any atom is -0.452 e. The zero-order valence-corrected chi connectivity index (χ0v) is 15.0. The summed E-state index contributed by atoms with van der Waals surface area (Å²) >= 11 is 0. The van der Waals surface area contributed by atoms with Crippen molar-refractivity contribution < 1.29 is 24.0 Å². The van der Waals surface area contributed by atoms with Gasteiger partial charge in [0.05, 0.1) is 15.9 Å². The highest BCUT2D eigenvalue weighted by molar-refractivity contribution is 6.14. The number of carbonyl (C=O) groups excluding carboxylic acids is 2. The van der Waals surface area contributed by atoms with Crippen LogP contribution in [-0.4, -0.2) is 16.7 Å². The van der Waals surface area contributed by atoms with Crippen molar-refractivity contribution in [1.82, 2.24) is 0 Å². The number of carbonyl (C=O) groups is 2. The summed E-state index contributed by atoms with van der Waals surface area (Å²) in [5.74, 6) is -0.0194. The summed E-state index contributed by atoms with van der Waals surface area (Å²) in [6.07, 6.45) is 1.51. The van der Waals surface area contributed by atoms with Gasteiger partial charge in [0, 0.05) is 18.2 Å². The molecule has 7 nitrogen and oxygen atoms in total. The largest absolute Gasteiger partial charge is 0.452 e. The fraction of sp³-hybridized carbons (Fsp3) is 0.200. The number of rotatable bonds is 3. The average Bonchev–Trinajstić information content (AvgIpc) is 2.90. The number of allylic oxidation sites excluding steroid dienone is 1. The van der Waals surface area contributed by atoms with Crippen LogP contribution in [0.1, 0.15) is 36.7 Å². The van der Waals surface area contributed by atoms with Gasteiger partial charge in [-0.25, -0.2) is 0 Å². The van der Waals surface area contributed by atoms with E-state index in [1.165, 1.54) is 36.4 Å². The highest BCUT2D eigenvalue weighted by Gasteiger charge is 2.29. The molecule has 2 aromatic rings. The number of hydrogen-bond donors (Lipinski definition) is 0. The molecule has 0 radical (unpaired) electrons. The summed E-state index contributed by atoms with van der Waals surface area (Å²) in [5, 5.41) is 10.7. The number of ether oxygens (including phenoxy) is 2. The standard InChI is InChI=1S/C20H17NO6/c1-20(2,3)19(23)26-14-8-9-15-16(11-14)27-17(18(15)22)10-12-4-6-13(7-5-12)21(24)25/h4-11H,1-3H3/b17-10-. The van der Waals surface area contributed by atoms with E-state index in [4.69, 9.17) is 9.47 Å². The van der Waals surface area contributed by atoms with E-state index in [1.54, 1.807) is 32.9 Å². The molecule has 0 unspecified atom stereocenters. The van der Waals surface area contributed by atoms with Crippen LogP contribution < -0.4 is 9.47 Å². The molecule has 0 aliphatic carbocycles. The third-order valence-electron chi connectivity index (χ3n) is 3.87. The molecule has 0 atom stereocenters. The van der Waals surface area contributed by atoms with Crippen molar-refractivity contribution in [3.8, 4) is 11.5 Å². The molecule has 7 heteroatoms. The first-order valence-corrected chi connectivity index (χ1v) is 8.20. The van der Waals surface area contributed by atoms with E-state index in [1.807, 2.05) is 0 Å². The second-order valence-corrected chi connectivity index (χ2v) is 7.09. The Balaban J connectivity index is 1.82. The fourth-order valence-electron chi connectivity index (χ4n) is 2.33. The zero-order chi connectivity index (χ0) is 19.8.